The van der Waals surface area contributed by atoms with E-state index in [1.807, 2.05) is 125 Å². The first-order valence-corrected chi connectivity index (χ1v) is 35.1. The summed E-state index contributed by atoms with van der Waals surface area (Å²) in [5.41, 5.74) is 9.28. The molecule has 4 atom stereocenters. The number of rotatable bonds is 21. The summed E-state index contributed by atoms with van der Waals surface area (Å²) >= 11 is 2.97. The van der Waals surface area contributed by atoms with Gasteiger partial charge in [0.25, 0.3) is 11.8 Å². The molecule has 22 heteroatoms. The highest BCUT2D eigenvalue weighted by molar-refractivity contribution is 7.90. The van der Waals surface area contributed by atoms with Crippen molar-refractivity contribution in [2.45, 2.75) is 162 Å². The van der Waals surface area contributed by atoms with E-state index in [0.717, 1.165) is 73.0 Å². The maximum Gasteiger partial charge on any atom is 0.284 e. The summed E-state index contributed by atoms with van der Waals surface area (Å²) in [5.74, 6) is 0.0559. The molecule has 4 saturated carbocycles. The molecular formula is C68H81N11O8S3. The monoisotopic (exact) mass is 1280 g/mol. The first kappa shape index (κ1) is 62.8. The molecule has 6 heterocycles. The number of pyridine rings is 1. The van der Waals surface area contributed by atoms with Crippen molar-refractivity contribution >= 4 is 83.4 Å². The van der Waals surface area contributed by atoms with Gasteiger partial charge in [-0.3, -0.25) is 34.0 Å². The summed E-state index contributed by atoms with van der Waals surface area (Å²) in [6.07, 6.45) is 10.8. The second-order valence-corrected chi connectivity index (χ2v) is 30.9. The second kappa shape index (κ2) is 25.7. The third kappa shape index (κ3) is 13.6. The van der Waals surface area contributed by atoms with Crippen LogP contribution in [0.3, 0.4) is 0 Å². The highest BCUT2D eigenvalue weighted by Crippen LogP contribution is 2.60. The van der Waals surface area contributed by atoms with Crippen molar-refractivity contribution in [1.82, 2.24) is 45.0 Å². The maximum atomic E-state index is 14.6. The smallest absolute Gasteiger partial charge is 0.284 e. The number of nitrogens with zero attached hydrogens (tertiary/aromatic N) is 7. The minimum absolute atomic E-state index is 0.0474. The topological polar surface area (TPSA) is 251 Å². The number of aromatic nitrogens is 5. The zero-order valence-electron chi connectivity index (χ0n) is 52.1. The standard InChI is InChI=1S/C68H81N11O8S3/c1-40(46-19-21-48(22-20-46)60-41(2)69-39-88-60)71-63(83)55-31-49(80)36-78(55)65(85)61(67(4,5)6)74-58(81)18-9-7-8-12-27-90(86,87)76-64(84)59-50(52-35-70-79(42(52)3)38-68-32-43-28-44(33-68)30-45(29-43)34-68)23-24-57(73-59)77-26-25-47-14-13-15-51(53(47)37-77)62(82)75-66-72-54-16-10-11-17-56(54)89-66/h10-11,13-17,19-24,35,39-40,43-45,49,55,61,80H,7-9,12,18,25-34,36-38H2,1-6H3,(H,71,83)(H,74,81)(H,76,84)(H,72,75,82)/t40-,43?,44?,45?,49+,55-,61?,68?/m0/s1. The summed E-state index contributed by atoms with van der Waals surface area (Å²) in [5, 5.41) is 25.2. The molecule has 2 aliphatic heterocycles. The molecule has 4 aromatic heterocycles. The van der Waals surface area contributed by atoms with Gasteiger partial charge in [0.05, 0.1) is 50.4 Å². The molecule has 13 rings (SSSR count). The number of carbonyl (C=O) groups excluding carboxylic acids is 5. The van der Waals surface area contributed by atoms with E-state index in [1.165, 1.54) is 54.8 Å². The number of anilines is 2. The molecular weight excluding hydrogens is 1200 g/mol. The number of hydrogen-bond donors (Lipinski definition) is 5. The van der Waals surface area contributed by atoms with Crippen molar-refractivity contribution in [3.8, 4) is 21.6 Å². The van der Waals surface area contributed by atoms with Crippen LogP contribution in [0.5, 0.6) is 0 Å². The Hall–Kier alpha value is -7.40. The van der Waals surface area contributed by atoms with E-state index >= 15 is 0 Å². The van der Waals surface area contributed by atoms with Gasteiger partial charge in [0, 0.05) is 61.4 Å². The van der Waals surface area contributed by atoms with Crippen LogP contribution in [-0.2, 0) is 43.9 Å². The van der Waals surface area contributed by atoms with Crippen LogP contribution in [0.1, 0.15) is 160 Å². The number of sulfonamides is 1. The van der Waals surface area contributed by atoms with Crippen LogP contribution in [-0.4, -0.2) is 110 Å². The summed E-state index contributed by atoms with van der Waals surface area (Å²) in [4.78, 5) is 88.8. The van der Waals surface area contributed by atoms with E-state index < -0.39 is 51.3 Å². The number of aliphatic hydroxyl groups excluding tert-OH is 1. The lowest BCUT2D eigenvalue weighted by Gasteiger charge is -2.56. The highest BCUT2D eigenvalue weighted by atomic mass is 32.2. The highest BCUT2D eigenvalue weighted by Gasteiger charge is 2.51. The quantitative estimate of drug-likeness (QED) is 0.0421. The Labute approximate surface area is 534 Å². The number of nitrogens with one attached hydrogen (secondary N) is 4. The van der Waals surface area contributed by atoms with Crippen molar-refractivity contribution in [2.75, 3.05) is 29.1 Å². The fraction of sp³-hybridized carbons (Fsp3) is 0.485. The summed E-state index contributed by atoms with van der Waals surface area (Å²) in [7, 11) is -4.18. The van der Waals surface area contributed by atoms with E-state index in [4.69, 9.17) is 10.1 Å². The van der Waals surface area contributed by atoms with E-state index in [0.29, 0.717) is 66.4 Å². The van der Waals surface area contributed by atoms with Crippen molar-refractivity contribution in [2.24, 2.45) is 28.6 Å². The Kier molecular flexibility index (Phi) is 17.9. The fourth-order valence-electron chi connectivity index (χ4n) is 15.2. The van der Waals surface area contributed by atoms with Crippen LogP contribution < -0.4 is 25.6 Å². The van der Waals surface area contributed by atoms with Gasteiger partial charge in [-0.15, -0.1) is 11.3 Å². The number of thiazole rings is 2. The van der Waals surface area contributed by atoms with Gasteiger partial charge in [-0.1, -0.05) is 93.5 Å². The second-order valence-electron chi connectivity index (χ2n) is 27.1. The van der Waals surface area contributed by atoms with E-state index in [9.17, 15) is 37.5 Å². The van der Waals surface area contributed by atoms with Gasteiger partial charge in [-0.25, -0.2) is 28.1 Å². The van der Waals surface area contributed by atoms with Crippen LogP contribution >= 0.6 is 22.7 Å². The van der Waals surface area contributed by atoms with E-state index in [-0.39, 0.29) is 60.5 Å². The van der Waals surface area contributed by atoms with Crippen LogP contribution in [0, 0.1) is 42.4 Å². The average Bonchev–Trinajstić information content (AvgIpc) is 0.990. The van der Waals surface area contributed by atoms with Crippen LogP contribution in [0.25, 0.3) is 31.8 Å². The van der Waals surface area contributed by atoms with Gasteiger partial charge >= 0.3 is 0 Å². The Bertz CT molecular complexity index is 3910. The van der Waals surface area contributed by atoms with Crippen molar-refractivity contribution in [3.05, 3.63) is 130 Å². The number of para-hydroxylation sites is 1. The number of β-amino-alcohol motifs (C(OH)–C–C–N with tert-alkyl or cyclic N) is 1. The molecule has 0 radical (unpaired) electrons. The number of unbranched alkanes of at least 4 members (excludes halogenated alkanes) is 3. The molecule has 3 aromatic carbocycles. The summed E-state index contributed by atoms with van der Waals surface area (Å²) in [6, 6.07) is 22.7. The predicted molar refractivity (Wildman–Crippen MR) is 350 cm³/mol. The number of fused-ring (bicyclic) bond motifs is 2. The number of aliphatic hydroxyl groups is 1. The lowest BCUT2D eigenvalue weighted by Crippen LogP contribution is -2.57. The lowest BCUT2D eigenvalue weighted by atomic mass is 9.49. The van der Waals surface area contributed by atoms with Crippen molar-refractivity contribution in [3.63, 3.8) is 0 Å². The Morgan fingerprint density at radius 1 is 0.822 bits per heavy atom. The van der Waals surface area contributed by atoms with Crippen molar-refractivity contribution < 1.29 is 37.5 Å². The van der Waals surface area contributed by atoms with Crippen LogP contribution in [0.15, 0.2) is 90.6 Å². The average molecular weight is 1280 g/mol. The molecule has 90 heavy (non-hydrogen) atoms. The molecule has 6 aliphatic rings. The number of likely N-dealkylation sites (tertiary alicyclic amines) is 1. The molecule has 1 unspecified atom stereocenters. The van der Waals surface area contributed by atoms with Gasteiger partial charge in [-0.05, 0) is 160 Å². The molecule has 1 saturated heterocycles. The summed E-state index contributed by atoms with van der Waals surface area (Å²) in [6.45, 7) is 12.9. The Balaban J connectivity index is 0.679. The molecule has 5 fully saturated rings. The Morgan fingerprint density at radius 3 is 2.27 bits per heavy atom. The molecule has 0 spiro atoms. The lowest BCUT2D eigenvalue weighted by molar-refractivity contribution is -0.144. The number of carbonyl (C=O) groups is 5. The normalized spacial score (nSPS) is 21.9. The van der Waals surface area contributed by atoms with Gasteiger partial charge in [-0.2, -0.15) is 5.10 Å². The largest absolute Gasteiger partial charge is 0.391 e. The number of aryl methyl sites for hydroxylation is 1. The minimum atomic E-state index is -4.18. The number of amides is 5. The molecule has 5 N–H and O–H groups in total. The number of benzene rings is 3. The first-order chi connectivity index (χ1) is 43.1. The van der Waals surface area contributed by atoms with Crippen LogP contribution in [0.4, 0.5) is 10.9 Å². The molecule has 19 nitrogen and oxygen atoms in total. The first-order valence-electron chi connectivity index (χ1n) is 31.8. The van der Waals surface area contributed by atoms with Gasteiger partial charge in [0.1, 0.15) is 23.6 Å². The third-order valence-electron chi connectivity index (χ3n) is 19.4. The molecule has 474 valence electrons. The van der Waals surface area contributed by atoms with Gasteiger partial charge in [0.2, 0.25) is 27.7 Å². The molecule has 5 amide bonds. The SMILES string of the molecule is Cc1ncsc1-c1ccc([C@H](C)NC(=O)[C@@H]2C[C@@H](O)CN2C(=O)C(NC(=O)CCCCCCS(=O)(=O)NC(=O)c2nc(N3CCc4cccc(C(=O)Nc5nc6ccccc6s5)c4C3)ccc2-c2cnn(CC34CC5CC(CC(C5)C3)C4)c2C)C(C)(C)C)cc1. The number of hydrogen-bond acceptors (Lipinski definition) is 15. The third-order valence-corrected chi connectivity index (χ3v) is 22.6. The maximum absolute atomic E-state index is 14.6. The molecule has 4 bridgehead atoms. The van der Waals surface area contributed by atoms with Gasteiger partial charge in [0.15, 0.2) is 5.13 Å². The Morgan fingerprint density at radius 2 is 1.56 bits per heavy atom. The summed E-state index contributed by atoms with van der Waals surface area (Å²) < 4.78 is 33.2. The molecule has 4 aliphatic carbocycles. The van der Waals surface area contributed by atoms with E-state index in [2.05, 4.69) is 35.3 Å². The van der Waals surface area contributed by atoms with Crippen LogP contribution in [0.2, 0.25) is 0 Å². The zero-order chi connectivity index (χ0) is 63.2. The van der Waals surface area contributed by atoms with Crippen molar-refractivity contribution in [1.29, 1.82) is 0 Å². The minimum Gasteiger partial charge on any atom is -0.391 e. The van der Waals surface area contributed by atoms with E-state index in [1.54, 1.807) is 23.6 Å². The zero-order valence-corrected chi connectivity index (χ0v) is 54.5. The fourth-order valence-corrected chi connectivity index (χ4v) is 17.9. The molecule has 7 aromatic rings. The van der Waals surface area contributed by atoms with Gasteiger partial charge < -0.3 is 25.5 Å². The predicted octanol–water partition coefficient (Wildman–Crippen LogP) is 10.7.